The van der Waals surface area contributed by atoms with Gasteiger partial charge in [0.25, 0.3) is 0 Å². The summed E-state index contributed by atoms with van der Waals surface area (Å²) in [4.78, 5) is 20.6. The molecule has 0 aliphatic rings. The molecule has 1 N–H and O–H groups in total. The van der Waals surface area contributed by atoms with Crippen molar-refractivity contribution in [2.24, 2.45) is 0 Å². The second-order valence-electron chi connectivity index (χ2n) is 5.27. The molecule has 25 heavy (non-hydrogen) atoms. The zero-order valence-electron chi connectivity index (χ0n) is 13.7. The van der Waals surface area contributed by atoms with Gasteiger partial charge in [-0.15, -0.1) is 11.3 Å². The van der Waals surface area contributed by atoms with Crippen LogP contribution in [-0.4, -0.2) is 28.7 Å². The fraction of sp³-hybridized carbons (Fsp3) is 0.235. The van der Waals surface area contributed by atoms with E-state index in [1.165, 1.54) is 29.4 Å². The van der Waals surface area contributed by atoms with E-state index in [9.17, 15) is 4.79 Å². The third kappa shape index (κ3) is 4.23. The molecule has 0 aliphatic carbocycles. The molecule has 1 aromatic carbocycles. The SMILES string of the molecule is COc1ccc(CNC(=O)CSc2ncnc3c(C)c(Cl)sc23)cc1. The second kappa shape index (κ2) is 8.03. The van der Waals surface area contributed by atoms with E-state index in [0.717, 1.165) is 32.1 Å². The minimum atomic E-state index is -0.0491. The quantitative estimate of drug-likeness (QED) is 0.505. The molecule has 0 radical (unpaired) electrons. The first-order valence-electron chi connectivity index (χ1n) is 7.50. The first kappa shape index (κ1) is 18.0. The number of hydrogen-bond acceptors (Lipinski definition) is 6. The van der Waals surface area contributed by atoms with Crippen molar-refractivity contribution in [3.8, 4) is 5.75 Å². The Hall–Kier alpha value is -1.83. The van der Waals surface area contributed by atoms with Gasteiger partial charge in [-0.1, -0.05) is 35.5 Å². The van der Waals surface area contributed by atoms with Crippen molar-refractivity contribution >= 4 is 50.8 Å². The minimum absolute atomic E-state index is 0.0491. The van der Waals surface area contributed by atoms with Crippen molar-refractivity contribution in [3.63, 3.8) is 0 Å². The van der Waals surface area contributed by atoms with Gasteiger partial charge in [0, 0.05) is 12.1 Å². The number of halogens is 1. The Morgan fingerprint density at radius 2 is 2.08 bits per heavy atom. The number of rotatable bonds is 6. The highest BCUT2D eigenvalue weighted by Gasteiger charge is 2.14. The van der Waals surface area contributed by atoms with Crippen LogP contribution >= 0.6 is 34.7 Å². The van der Waals surface area contributed by atoms with Crippen molar-refractivity contribution in [2.45, 2.75) is 18.5 Å². The lowest BCUT2D eigenvalue weighted by Crippen LogP contribution is -2.24. The van der Waals surface area contributed by atoms with Gasteiger partial charge in [0.2, 0.25) is 5.91 Å². The fourth-order valence-corrected chi connectivity index (χ4v) is 4.42. The van der Waals surface area contributed by atoms with Crippen LogP contribution in [0.2, 0.25) is 4.34 Å². The lowest BCUT2D eigenvalue weighted by molar-refractivity contribution is -0.118. The topological polar surface area (TPSA) is 64.1 Å². The largest absolute Gasteiger partial charge is 0.497 e. The fourth-order valence-electron chi connectivity index (χ4n) is 2.21. The third-order valence-electron chi connectivity index (χ3n) is 3.60. The lowest BCUT2D eigenvalue weighted by Gasteiger charge is -2.06. The number of carbonyl (C=O) groups excluding carboxylic acids is 1. The normalized spacial score (nSPS) is 10.8. The Morgan fingerprint density at radius 1 is 1.32 bits per heavy atom. The number of aryl methyl sites for hydroxylation is 1. The number of thiophene rings is 1. The van der Waals surface area contributed by atoms with Crippen molar-refractivity contribution < 1.29 is 9.53 Å². The highest BCUT2D eigenvalue weighted by Crippen LogP contribution is 2.37. The van der Waals surface area contributed by atoms with Gasteiger partial charge in [-0.3, -0.25) is 4.79 Å². The van der Waals surface area contributed by atoms with E-state index in [0.29, 0.717) is 10.9 Å². The van der Waals surface area contributed by atoms with E-state index >= 15 is 0 Å². The number of fused-ring (bicyclic) bond motifs is 1. The van der Waals surface area contributed by atoms with E-state index < -0.39 is 0 Å². The molecule has 0 unspecified atom stereocenters. The number of hydrogen-bond donors (Lipinski definition) is 1. The maximum Gasteiger partial charge on any atom is 0.230 e. The van der Waals surface area contributed by atoms with E-state index in [4.69, 9.17) is 16.3 Å². The Bertz CT molecular complexity index is 897. The van der Waals surface area contributed by atoms with Crippen molar-refractivity contribution in [1.29, 1.82) is 0 Å². The van der Waals surface area contributed by atoms with Gasteiger partial charge in [-0.05, 0) is 24.6 Å². The summed E-state index contributed by atoms with van der Waals surface area (Å²) >= 11 is 9.02. The van der Waals surface area contributed by atoms with Crippen LogP contribution in [0.4, 0.5) is 0 Å². The number of methoxy groups -OCH3 is 1. The van der Waals surface area contributed by atoms with Gasteiger partial charge in [-0.25, -0.2) is 9.97 Å². The number of carbonyl (C=O) groups is 1. The van der Waals surface area contributed by atoms with Crippen LogP contribution in [0.1, 0.15) is 11.1 Å². The molecule has 0 saturated carbocycles. The second-order valence-corrected chi connectivity index (χ2v) is 7.86. The summed E-state index contributed by atoms with van der Waals surface area (Å²) in [5.74, 6) is 1.03. The van der Waals surface area contributed by atoms with E-state index in [1.807, 2.05) is 31.2 Å². The number of nitrogens with one attached hydrogen (secondary N) is 1. The third-order valence-corrected chi connectivity index (χ3v) is 6.31. The number of amides is 1. The molecular weight excluding hydrogens is 378 g/mol. The number of ether oxygens (including phenoxy) is 1. The minimum Gasteiger partial charge on any atom is -0.497 e. The molecule has 2 heterocycles. The van der Waals surface area contributed by atoms with Crippen LogP contribution in [0.5, 0.6) is 5.75 Å². The molecule has 0 spiro atoms. The summed E-state index contributed by atoms with van der Waals surface area (Å²) in [6.45, 7) is 2.41. The maximum absolute atomic E-state index is 12.1. The molecule has 0 atom stereocenters. The molecule has 130 valence electrons. The standard InChI is InChI=1S/C17H16ClN3O2S2/c1-10-14-15(25-16(10)18)17(21-9-20-14)24-8-13(22)19-7-11-3-5-12(23-2)6-4-11/h3-6,9H,7-8H2,1-2H3,(H,19,22). The number of thioether (sulfide) groups is 1. The summed E-state index contributed by atoms with van der Waals surface area (Å²) in [7, 11) is 1.63. The first-order valence-corrected chi connectivity index (χ1v) is 9.68. The van der Waals surface area contributed by atoms with Crippen molar-refractivity contribution in [1.82, 2.24) is 15.3 Å². The predicted molar refractivity (Wildman–Crippen MR) is 103 cm³/mol. The monoisotopic (exact) mass is 393 g/mol. The van der Waals surface area contributed by atoms with Gasteiger partial charge < -0.3 is 10.1 Å². The highest BCUT2D eigenvalue weighted by atomic mass is 35.5. The summed E-state index contributed by atoms with van der Waals surface area (Å²) < 4.78 is 6.75. The summed E-state index contributed by atoms with van der Waals surface area (Å²) in [5.41, 5.74) is 2.82. The van der Waals surface area contributed by atoms with Crippen LogP contribution in [0.15, 0.2) is 35.6 Å². The zero-order chi connectivity index (χ0) is 17.8. The maximum atomic E-state index is 12.1. The molecule has 2 aromatic heterocycles. The van der Waals surface area contributed by atoms with Gasteiger partial charge in [0.15, 0.2) is 0 Å². The molecule has 0 fully saturated rings. The Morgan fingerprint density at radius 3 is 2.80 bits per heavy atom. The molecule has 0 bridgehead atoms. The van der Waals surface area contributed by atoms with Crippen LogP contribution in [0.3, 0.4) is 0 Å². The van der Waals surface area contributed by atoms with E-state index in [1.54, 1.807) is 7.11 Å². The van der Waals surface area contributed by atoms with Crippen LogP contribution < -0.4 is 10.1 Å². The Labute approximate surface area is 158 Å². The lowest BCUT2D eigenvalue weighted by atomic mass is 10.2. The van der Waals surface area contributed by atoms with Crippen LogP contribution in [0.25, 0.3) is 10.2 Å². The first-order chi connectivity index (χ1) is 12.1. The highest BCUT2D eigenvalue weighted by molar-refractivity contribution is 8.00. The molecule has 3 rings (SSSR count). The molecule has 0 saturated heterocycles. The van der Waals surface area contributed by atoms with Crippen LogP contribution in [-0.2, 0) is 11.3 Å². The predicted octanol–water partition coefficient (Wildman–Crippen LogP) is 4.07. The molecule has 3 aromatic rings. The number of benzene rings is 1. The molecule has 5 nitrogen and oxygen atoms in total. The molecule has 0 aliphatic heterocycles. The van der Waals surface area contributed by atoms with Crippen molar-refractivity contribution in [2.75, 3.05) is 12.9 Å². The van der Waals surface area contributed by atoms with E-state index in [-0.39, 0.29) is 11.7 Å². The number of nitrogens with zero attached hydrogens (tertiary/aromatic N) is 2. The van der Waals surface area contributed by atoms with Crippen LogP contribution in [0, 0.1) is 6.92 Å². The van der Waals surface area contributed by atoms with Gasteiger partial charge >= 0.3 is 0 Å². The average molecular weight is 394 g/mol. The molecule has 1 amide bonds. The molecule has 8 heteroatoms. The number of aromatic nitrogens is 2. The zero-order valence-corrected chi connectivity index (χ0v) is 16.1. The smallest absolute Gasteiger partial charge is 0.230 e. The summed E-state index contributed by atoms with van der Waals surface area (Å²) in [5, 5.41) is 3.69. The van der Waals surface area contributed by atoms with Gasteiger partial charge in [0.1, 0.15) is 17.1 Å². The van der Waals surface area contributed by atoms with Gasteiger partial charge in [0.05, 0.1) is 27.4 Å². The van der Waals surface area contributed by atoms with Gasteiger partial charge in [-0.2, -0.15) is 0 Å². The summed E-state index contributed by atoms with van der Waals surface area (Å²) in [6, 6.07) is 7.60. The van der Waals surface area contributed by atoms with Crippen molar-refractivity contribution in [3.05, 3.63) is 46.1 Å². The average Bonchev–Trinajstić information content (AvgIpc) is 2.93. The summed E-state index contributed by atoms with van der Waals surface area (Å²) in [6.07, 6.45) is 1.51. The molecular formula is C17H16ClN3O2S2. The Kier molecular flexibility index (Phi) is 5.78. The van der Waals surface area contributed by atoms with E-state index in [2.05, 4.69) is 15.3 Å². The Balaban J connectivity index is 1.58.